The Morgan fingerprint density at radius 3 is 2.93 bits per heavy atom. The van der Waals surface area contributed by atoms with Gasteiger partial charge in [0.05, 0.1) is 5.88 Å². The number of hydrogen-bond acceptors (Lipinski definition) is 3. The van der Waals surface area contributed by atoms with Crippen LogP contribution in [0.15, 0.2) is 35.8 Å². The maximum atomic E-state index is 5.80. The normalized spacial score (nSPS) is 10.2. The topological polar surface area (TPSA) is 22.1 Å². The summed E-state index contributed by atoms with van der Waals surface area (Å²) in [5, 5.41) is 2.91. The molecule has 0 unspecified atom stereocenters. The number of rotatable bonds is 4. The lowest BCUT2D eigenvalue weighted by Gasteiger charge is -2.07. The summed E-state index contributed by atoms with van der Waals surface area (Å²) in [5.74, 6) is 1.30. The first kappa shape index (κ1) is 10.5. The molecule has 0 aliphatic heterocycles. The lowest BCUT2D eigenvalue weighted by Crippen LogP contribution is -1.96. The number of nitrogens with zero attached hydrogens (tertiary/aromatic N) is 1. The van der Waals surface area contributed by atoms with Crippen molar-refractivity contribution >= 4 is 22.9 Å². The number of benzene rings is 1. The van der Waals surface area contributed by atoms with E-state index in [9.17, 15) is 0 Å². The van der Waals surface area contributed by atoms with Crippen LogP contribution in [0.1, 0.15) is 10.6 Å². The van der Waals surface area contributed by atoms with Gasteiger partial charge < -0.3 is 4.74 Å². The number of thiazole rings is 1. The van der Waals surface area contributed by atoms with E-state index in [1.165, 1.54) is 0 Å². The summed E-state index contributed by atoms with van der Waals surface area (Å²) in [6, 6.07) is 7.77. The van der Waals surface area contributed by atoms with Crippen LogP contribution in [0.3, 0.4) is 0 Å². The fourth-order valence-corrected chi connectivity index (χ4v) is 1.97. The van der Waals surface area contributed by atoms with Gasteiger partial charge in [-0.3, -0.25) is 0 Å². The molecular weight excluding hydrogens is 230 g/mol. The summed E-state index contributed by atoms with van der Waals surface area (Å²) in [6.45, 7) is 0.506. The van der Waals surface area contributed by atoms with Crippen LogP contribution in [-0.4, -0.2) is 4.98 Å². The quantitative estimate of drug-likeness (QED) is 0.763. The molecule has 0 saturated carbocycles. The molecule has 0 atom stereocenters. The second-order valence-corrected chi connectivity index (χ2v) is 4.20. The van der Waals surface area contributed by atoms with E-state index < -0.39 is 0 Å². The fourth-order valence-electron chi connectivity index (χ4n) is 1.22. The highest BCUT2D eigenvalue weighted by atomic mass is 35.5. The maximum Gasteiger partial charge on any atom is 0.140 e. The SMILES string of the molecule is ClCc1ccccc1OCc1nccs1. The summed E-state index contributed by atoms with van der Waals surface area (Å²) in [7, 11) is 0. The van der Waals surface area contributed by atoms with E-state index in [2.05, 4.69) is 4.98 Å². The highest BCUT2D eigenvalue weighted by Gasteiger charge is 2.02. The summed E-state index contributed by atoms with van der Waals surface area (Å²) < 4.78 is 5.64. The van der Waals surface area contributed by atoms with E-state index in [1.54, 1.807) is 17.5 Å². The predicted molar refractivity (Wildman–Crippen MR) is 62.4 cm³/mol. The van der Waals surface area contributed by atoms with Gasteiger partial charge in [0.1, 0.15) is 17.4 Å². The van der Waals surface area contributed by atoms with Crippen LogP contribution in [0.5, 0.6) is 5.75 Å². The van der Waals surface area contributed by atoms with E-state index in [0.29, 0.717) is 12.5 Å². The second-order valence-electron chi connectivity index (χ2n) is 2.96. The number of alkyl halides is 1. The van der Waals surface area contributed by atoms with Crippen molar-refractivity contribution in [1.82, 2.24) is 4.98 Å². The average molecular weight is 240 g/mol. The number of hydrogen-bond donors (Lipinski definition) is 0. The molecule has 4 heteroatoms. The largest absolute Gasteiger partial charge is 0.486 e. The van der Waals surface area contributed by atoms with Gasteiger partial charge in [-0.2, -0.15) is 0 Å². The Kier molecular flexibility index (Phi) is 3.59. The highest BCUT2D eigenvalue weighted by molar-refractivity contribution is 7.09. The minimum atomic E-state index is 0.466. The molecule has 0 amide bonds. The third-order valence-corrected chi connectivity index (χ3v) is 2.99. The van der Waals surface area contributed by atoms with Crippen molar-refractivity contribution in [2.75, 3.05) is 0 Å². The number of para-hydroxylation sites is 1. The molecule has 0 aliphatic carbocycles. The molecule has 0 fully saturated rings. The van der Waals surface area contributed by atoms with Gasteiger partial charge in [-0.25, -0.2) is 4.98 Å². The monoisotopic (exact) mass is 239 g/mol. The molecule has 2 rings (SSSR count). The first-order valence-electron chi connectivity index (χ1n) is 4.55. The Hall–Kier alpha value is -1.06. The Morgan fingerprint density at radius 2 is 2.20 bits per heavy atom. The first-order valence-corrected chi connectivity index (χ1v) is 5.96. The van der Waals surface area contributed by atoms with Gasteiger partial charge in [-0.05, 0) is 6.07 Å². The molecule has 0 aliphatic rings. The molecule has 0 spiro atoms. The molecule has 2 nitrogen and oxygen atoms in total. The lowest BCUT2D eigenvalue weighted by atomic mass is 10.2. The average Bonchev–Trinajstić information content (AvgIpc) is 2.79. The third kappa shape index (κ3) is 2.70. The fraction of sp³-hybridized carbons (Fsp3) is 0.182. The zero-order valence-corrected chi connectivity index (χ0v) is 9.59. The summed E-state index contributed by atoms with van der Waals surface area (Å²) >= 11 is 7.39. The van der Waals surface area contributed by atoms with Crippen molar-refractivity contribution in [3.8, 4) is 5.75 Å². The van der Waals surface area contributed by atoms with E-state index in [4.69, 9.17) is 16.3 Å². The Balaban J connectivity index is 2.04. The molecule has 0 N–H and O–H groups in total. The third-order valence-electron chi connectivity index (χ3n) is 1.95. The molecule has 1 aromatic carbocycles. The van der Waals surface area contributed by atoms with Gasteiger partial charge in [0.25, 0.3) is 0 Å². The molecule has 2 aromatic rings. The van der Waals surface area contributed by atoms with Crippen molar-refractivity contribution in [2.24, 2.45) is 0 Å². The Labute approximate surface area is 97.5 Å². The number of aromatic nitrogens is 1. The highest BCUT2D eigenvalue weighted by Crippen LogP contribution is 2.21. The molecule has 78 valence electrons. The van der Waals surface area contributed by atoms with E-state index in [0.717, 1.165) is 16.3 Å². The Morgan fingerprint density at radius 1 is 1.33 bits per heavy atom. The molecule has 1 heterocycles. The molecule has 1 aromatic heterocycles. The zero-order valence-electron chi connectivity index (χ0n) is 8.02. The van der Waals surface area contributed by atoms with Crippen LogP contribution in [0.25, 0.3) is 0 Å². The number of halogens is 1. The standard InChI is InChI=1S/C11H10ClNOS/c12-7-9-3-1-2-4-10(9)14-8-11-13-5-6-15-11/h1-6H,7-8H2. The molecule has 0 bridgehead atoms. The van der Waals surface area contributed by atoms with Crippen molar-refractivity contribution in [1.29, 1.82) is 0 Å². The van der Waals surface area contributed by atoms with Crippen molar-refractivity contribution in [2.45, 2.75) is 12.5 Å². The summed E-state index contributed by atoms with van der Waals surface area (Å²) in [6.07, 6.45) is 1.77. The minimum absolute atomic E-state index is 0.466. The first-order chi connectivity index (χ1) is 7.40. The number of ether oxygens (including phenoxy) is 1. The van der Waals surface area contributed by atoms with Gasteiger partial charge >= 0.3 is 0 Å². The van der Waals surface area contributed by atoms with E-state index in [1.807, 2.05) is 29.6 Å². The predicted octanol–water partition coefficient (Wildman–Crippen LogP) is 3.46. The molecular formula is C11H10ClNOS. The smallest absolute Gasteiger partial charge is 0.140 e. The lowest BCUT2D eigenvalue weighted by molar-refractivity contribution is 0.303. The van der Waals surface area contributed by atoms with Gasteiger partial charge in [-0.1, -0.05) is 18.2 Å². The van der Waals surface area contributed by atoms with Gasteiger partial charge in [-0.15, -0.1) is 22.9 Å². The molecule has 0 saturated heterocycles. The second kappa shape index (κ2) is 5.14. The van der Waals surface area contributed by atoms with E-state index >= 15 is 0 Å². The van der Waals surface area contributed by atoms with Gasteiger partial charge in [0.15, 0.2) is 0 Å². The molecule has 0 radical (unpaired) electrons. The Bertz CT molecular complexity index is 416. The van der Waals surface area contributed by atoms with Crippen LogP contribution in [0.4, 0.5) is 0 Å². The summed E-state index contributed by atoms with van der Waals surface area (Å²) in [5.41, 5.74) is 1.01. The van der Waals surface area contributed by atoms with Crippen LogP contribution < -0.4 is 4.74 Å². The van der Waals surface area contributed by atoms with Crippen molar-refractivity contribution in [3.63, 3.8) is 0 Å². The maximum absolute atomic E-state index is 5.80. The zero-order chi connectivity index (χ0) is 10.5. The minimum Gasteiger partial charge on any atom is -0.486 e. The van der Waals surface area contributed by atoms with Crippen molar-refractivity contribution < 1.29 is 4.74 Å². The van der Waals surface area contributed by atoms with Crippen LogP contribution in [-0.2, 0) is 12.5 Å². The van der Waals surface area contributed by atoms with Crippen LogP contribution >= 0.6 is 22.9 Å². The molecule has 15 heavy (non-hydrogen) atoms. The van der Waals surface area contributed by atoms with E-state index in [-0.39, 0.29) is 0 Å². The van der Waals surface area contributed by atoms with Gasteiger partial charge in [0.2, 0.25) is 0 Å². The van der Waals surface area contributed by atoms with Crippen molar-refractivity contribution in [3.05, 3.63) is 46.4 Å². The summed E-state index contributed by atoms with van der Waals surface area (Å²) in [4.78, 5) is 4.15. The van der Waals surface area contributed by atoms with Crippen LogP contribution in [0.2, 0.25) is 0 Å². The van der Waals surface area contributed by atoms with Crippen LogP contribution in [0, 0.1) is 0 Å². The van der Waals surface area contributed by atoms with Gasteiger partial charge in [0, 0.05) is 17.1 Å².